The zero-order valence-corrected chi connectivity index (χ0v) is 13.4. The number of carbonyl (C=O) groups is 1. The van der Waals surface area contributed by atoms with Gasteiger partial charge in [0.25, 0.3) is 0 Å². The first kappa shape index (κ1) is 14.4. The molecule has 0 saturated carbocycles. The summed E-state index contributed by atoms with van der Waals surface area (Å²) in [5.41, 5.74) is 0. The molecule has 110 valence electrons. The van der Waals surface area contributed by atoms with Gasteiger partial charge in [-0.3, -0.25) is 9.69 Å². The number of hydrogen-bond acceptors (Lipinski definition) is 4. The van der Waals surface area contributed by atoms with Crippen LogP contribution < -0.4 is 0 Å². The van der Waals surface area contributed by atoms with E-state index in [-0.39, 0.29) is 6.04 Å². The molecule has 20 heavy (non-hydrogen) atoms. The fraction of sp³-hybridized carbons (Fsp3) is 0.667. The SMILES string of the molecule is O=C([C@H]1CCCN1CCc1cccs1)N1CCSCC1. The van der Waals surface area contributed by atoms with Crippen molar-refractivity contribution in [2.45, 2.75) is 25.3 Å². The number of hydrogen-bond donors (Lipinski definition) is 0. The number of thioether (sulfide) groups is 1. The van der Waals surface area contributed by atoms with E-state index in [4.69, 9.17) is 0 Å². The lowest BCUT2D eigenvalue weighted by Crippen LogP contribution is -2.48. The number of thiophene rings is 1. The van der Waals surface area contributed by atoms with E-state index in [2.05, 4.69) is 27.3 Å². The van der Waals surface area contributed by atoms with Gasteiger partial charge in [0.1, 0.15) is 0 Å². The van der Waals surface area contributed by atoms with E-state index in [1.54, 1.807) is 0 Å². The van der Waals surface area contributed by atoms with Gasteiger partial charge in [0.15, 0.2) is 0 Å². The van der Waals surface area contributed by atoms with Crippen LogP contribution in [0.4, 0.5) is 0 Å². The van der Waals surface area contributed by atoms with Crippen molar-refractivity contribution in [1.82, 2.24) is 9.80 Å². The van der Waals surface area contributed by atoms with Crippen molar-refractivity contribution in [3.63, 3.8) is 0 Å². The molecule has 0 aliphatic carbocycles. The van der Waals surface area contributed by atoms with Crippen molar-refractivity contribution in [3.05, 3.63) is 22.4 Å². The Balaban J connectivity index is 1.55. The molecule has 1 aromatic heterocycles. The van der Waals surface area contributed by atoms with Crippen molar-refractivity contribution in [2.24, 2.45) is 0 Å². The van der Waals surface area contributed by atoms with E-state index in [0.717, 1.165) is 50.5 Å². The highest BCUT2D eigenvalue weighted by molar-refractivity contribution is 7.99. The lowest BCUT2D eigenvalue weighted by molar-refractivity contribution is -0.135. The number of amides is 1. The summed E-state index contributed by atoms with van der Waals surface area (Å²) >= 11 is 3.78. The molecule has 0 radical (unpaired) electrons. The summed E-state index contributed by atoms with van der Waals surface area (Å²) in [5, 5.41) is 2.13. The summed E-state index contributed by atoms with van der Waals surface area (Å²) in [4.78, 5) is 18.6. The van der Waals surface area contributed by atoms with Gasteiger partial charge in [0.2, 0.25) is 5.91 Å². The van der Waals surface area contributed by atoms with Crippen LogP contribution in [0.1, 0.15) is 17.7 Å². The fourth-order valence-corrected chi connectivity index (χ4v) is 4.68. The van der Waals surface area contributed by atoms with Gasteiger partial charge in [-0.05, 0) is 37.3 Å². The Labute approximate surface area is 129 Å². The van der Waals surface area contributed by atoms with E-state index in [1.165, 1.54) is 11.3 Å². The maximum Gasteiger partial charge on any atom is 0.239 e. The van der Waals surface area contributed by atoms with Crippen molar-refractivity contribution in [1.29, 1.82) is 0 Å². The van der Waals surface area contributed by atoms with E-state index in [9.17, 15) is 4.79 Å². The second-order valence-corrected chi connectivity index (χ2v) is 7.72. The summed E-state index contributed by atoms with van der Waals surface area (Å²) in [6, 6.07) is 4.45. The van der Waals surface area contributed by atoms with E-state index >= 15 is 0 Å². The van der Waals surface area contributed by atoms with Gasteiger partial charge in [0, 0.05) is 36.0 Å². The van der Waals surface area contributed by atoms with E-state index in [1.807, 2.05) is 23.1 Å². The summed E-state index contributed by atoms with van der Waals surface area (Å²) in [7, 11) is 0. The van der Waals surface area contributed by atoms with Crippen LogP contribution in [0.5, 0.6) is 0 Å². The molecule has 0 bridgehead atoms. The average molecular weight is 310 g/mol. The summed E-state index contributed by atoms with van der Waals surface area (Å²) in [6.45, 7) is 4.00. The molecular weight excluding hydrogens is 288 g/mol. The van der Waals surface area contributed by atoms with Crippen molar-refractivity contribution in [3.8, 4) is 0 Å². The minimum absolute atomic E-state index is 0.151. The van der Waals surface area contributed by atoms with Crippen LogP contribution in [0.15, 0.2) is 17.5 Å². The molecule has 0 aromatic carbocycles. The standard InChI is InChI=1S/C15H22N2OS2/c18-15(17-8-11-19-12-9-17)14-4-1-6-16(14)7-5-13-3-2-10-20-13/h2-3,10,14H,1,4-9,11-12H2/t14-/m1/s1. The van der Waals surface area contributed by atoms with Crippen LogP contribution in [0, 0.1) is 0 Å². The van der Waals surface area contributed by atoms with Gasteiger partial charge in [-0.2, -0.15) is 11.8 Å². The Morgan fingerprint density at radius 1 is 1.30 bits per heavy atom. The van der Waals surface area contributed by atoms with Crippen LogP contribution in [-0.2, 0) is 11.2 Å². The van der Waals surface area contributed by atoms with Crippen LogP contribution >= 0.6 is 23.1 Å². The largest absolute Gasteiger partial charge is 0.340 e. The van der Waals surface area contributed by atoms with Crippen LogP contribution in [0.3, 0.4) is 0 Å². The first-order valence-electron chi connectivity index (χ1n) is 7.47. The van der Waals surface area contributed by atoms with Crippen LogP contribution in [0.2, 0.25) is 0 Å². The maximum absolute atomic E-state index is 12.6. The second-order valence-electron chi connectivity index (χ2n) is 5.46. The maximum atomic E-state index is 12.6. The smallest absolute Gasteiger partial charge is 0.239 e. The highest BCUT2D eigenvalue weighted by Gasteiger charge is 2.33. The molecule has 5 heteroatoms. The highest BCUT2D eigenvalue weighted by atomic mass is 32.2. The molecular formula is C15H22N2OS2. The Morgan fingerprint density at radius 2 is 2.15 bits per heavy atom. The Kier molecular flexibility index (Phi) is 5.02. The molecule has 0 spiro atoms. The molecule has 3 rings (SSSR count). The zero-order chi connectivity index (χ0) is 13.8. The van der Waals surface area contributed by atoms with Crippen molar-refractivity contribution >= 4 is 29.0 Å². The number of carbonyl (C=O) groups excluding carboxylic acids is 1. The average Bonchev–Trinajstić information content (AvgIpc) is 3.16. The summed E-state index contributed by atoms with van der Waals surface area (Å²) in [6.07, 6.45) is 3.30. The van der Waals surface area contributed by atoms with E-state index < -0.39 is 0 Å². The van der Waals surface area contributed by atoms with Crippen molar-refractivity contribution < 1.29 is 4.79 Å². The van der Waals surface area contributed by atoms with Gasteiger partial charge in [-0.1, -0.05) is 6.07 Å². The molecule has 2 fully saturated rings. The molecule has 0 unspecified atom stereocenters. The minimum atomic E-state index is 0.151. The predicted molar refractivity (Wildman–Crippen MR) is 86.5 cm³/mol. The van der Waals surface area contributed by atoms with Crippen LogP contribution in [-0.4, -0.2) is 59.4 Å². The third-order valence-electron chi connectivity index (χ3n) is 4.20. The van der Waals surface area contributed by atoms with Crippen molar-refractivity contribution in [2.75, 3.05) is 37.7 Å². The molecule has 2 aliphatic heterocycles. The Bertz CT molecular complexity index is 429. The minimum Gasteiger partial charge on any atom is -0.340 e. The van der Waals surface area contributed by atoms with Gasteiger partial charge < -0.3 is 4.90 Å². The fourth-order valence-electron chi connectivity index (χ4n) is 3.08. The Hall–Kier alpha value is -0.520. The molecule has 0 N–H and O–H groups in total. The van der Waals surface area contributed by atoms with Gasteiger partial charge >= 0.3 is 0 Å². The molecule has 3 heterocycles. The number of nitrogens with zero attached hydrogens (tertiary/aromatic N) is 2. The Morgan fingerprint density at radius 3 is 2.90 bits per heavy atom. The molecule has 1 aromatic rings. The molecule has 3 nitrogen and oxygen atoms in total. The first-order chi connectivity index (χ1) is 9.84. The molecule has 1 atom stereocenters. The van der Waals surface area contributed by atoms with E-state index in [0.29, 0.717) is 5.91 Å². The number of likely N-dealkylation sites (tertiary alicyclic amines) is 1. The predicted octanol–water partition coefficient (Wildman–Crippen LogP) is 2.33. The van der Waals surface area contributed by atoms with Gasteiger partial charge in [-0.25, -0.2) is 0 Å². The second kappa shape index (κ2) is 6.96. The lowest BCUT2D eigenvalue weighted by Gasteiger charge is -2.32. The van der Waals surface area contributed by atoms with Crippen LogP contribution in [0.25, 0.3) is 0 Å². The summed E-state index contributed by atoms with van der Waals surface area (Å²) < 4.78 is 0. The topological polar surface area (TPSA) is 23.6 Å². The normalized spacial score (nSPS) is 24.2. The molecule has 2 aliphatic rings. The van der Waals surface area contributed by atoms with Gasteiger partial charge in [-0.15, -0.1) is 11.3 Å². The first-order valence-corrected chi connectivity index (χ1v) is 9.51. The monoisotopic (exact) mass is 310 g/mol. The third-order valence-corrected chi connectivity index (χ3v) is 6.08. The quantitative estimate of drug-likeness (QED) is 0.853. The summed E-state index contributed by atoms with van der Waals surface area (Å²) in [5.74, 6) is 2.59. The lowest BCUT2D eigenvalue weighted by atomic mass is 10.2. The van der Waals surface area contributed by atoms with Gasteiger partial charge in [0.05, 0.1) is 6.04 Å². The number of rotatable bonds is 4. The third kappa shape index (κ3) is 3.38. The highest BCUT2D eigenvalue weighted by Crippen LogP contribution is 2.22. The molecule has 2 saturated heterocycles. The molecule has 1 amide bonds. The zero-order valence-electron chi connectivity index (χ0n) is 11.8.